The minimum Gasteiger partial charge on any atom is -0.343 e. The molecule has 0 saturated carbocycles. The number of likely N-dealkylation sites (tertiary alicyclic amines) is 1. The lowest BCUT2D eigenvalue weighted by atomic mass is 9.88. The Hall–Kier alpha value is -3.47. The molecule has 1 atom stereocenters. The highest BCUT2D eigenvalue weighted by atomic mass is 19.1. The molecule has 2 heterocycles. The van der Waals surface area contributed by atoms with E-state index in [0.717, 1.165) is 28.5 Å². The van der Waals surface area contributed by atoms with Gasteiger partial charge in [-0.1, -0.05) is 48.5 Å². The molecule has 1 saturated heterocycles. The van der Waals surface area contributed by atoms with Crippen LogP contribution in [0.3, 0.4) is 0 Å². The number of rotatable bonds is 5. The van der Waals surface area contributed by atoms with Crippen LogP contribution in [0.2, 0.25) is 0 Å². The Morgan fingerprint density at radius 2 is 1.72 bits per heavy atom. The van der Waals surface area contributed by atoms with Crippen LogP contribution < -0.4 is 0 Å². The normalized spacial score (nSPS) is 16.6. The zero-order chi connectivity index (χ0) is 22.1. The summed E-state index contributed by atoms with van der Waals surface area (Å²) in [4.78, 5) is 14.7. The van der Waals surface area contributed by atoms with Crippen LogP contribution in [0.1, 0.15) is 35.4 Å². The highest BCUT2D eigenvalue weighted by Gasteiger charge is 2.29. The van der Waals surface area contributed by atoms with E-state index in [-0.39, 0.29) is 23.5 Å². The van der Waals surface area contributed by atoms with Gasteiger partial charge in [0.05, 0.1) is 0 Å². The second kappa shape index (κ2) is 8.58. The molecule has 162 valence electrons. The molecule has 3 nitrogen and oxygen atoms in total. The van der Waals surface area contributed by atoms with E-state index in [4.69, 9.17) is 0 Å². The molecule has 1 aromatic heterocycles. The van der Waals surface area contributed by atoms with Gasteiger partial charge < -0.3 is 9.47 Å². The highest BCUT2D eigenvalue weighted by Crippen LogP contribution is 2.35. The lowest BCUT2D eigenvalue weighted by Gasteiger charge is -2.32. The van der Waals surface area contributed by atoms with Crippen molar-refractivity contribution in [1.29, 1.82) is 0 Å². The van der Waals surface area contributed by atoms with E-state index in [1.165, 1.54) is 12.1 Å². The molecule has 0 radical (unpaired) electrons. The van der Waals surface area contributed by atoms with Gasteiger partial charge in [0.2, 0.25) is 5.91 Å². The number of halogens is 2. The fourth-order valence-corrected chi connectivity index (χ4v) is 4.71. The fraction of sp³-hybridized carbons (Fsp3) is 0.222. The van der Waals surface area contributed by atoms with Crippen molar-refractivity contribution in [2.75, 3.05) is 6.54 Å². The van der Waals surface area contributed by atoms with Crippen molar-refractivity contribution in [1.82, 2.24) is 9.47 Å². The second-order valence-electron chi connectivity index (χ2n) is 8.46. The minimum atomic E-state index is -0.275. The molecule has 1 unspecified atom stereocenters. The van der Waals surface area contributed by atoms with E-state index in [1.807, 2.05) is 18.2 Å². The highest BCUT2D eigenvalue weighted by molar-refractivity contribution is 5.86. The predicted molar refractivity (Wildman–Crippen MR) is 121 cm³/mol. The molecule has 3 aromatic carbocycles. The largest absolute Gasteiger partial charge is 0.343 e. The molecule has 5 rings (SSSR count). The minimum absolute atomic E-state index is 0.0477. The van der Waals surface area contributed by atoms with E-state index in [9.17, 15) is 13.6 Å². The Morgan fingerprint density at radius 1 is 0.906 bits per heavy atom. The number of amides is 1. The molecular weight excluding hydrogens is 406 g/mol. The van der Waals surface area contributed by atoms with Crippen LogP contribution in [0, 0.1) is 11.6 Å². The molecule has 1 fully saturated rings. The number of carbonyl (C=O) groups is 1. The second-order valence-corrected chi connectivity index (χ2v) is 8.46. The van der Waals surface area contributed by atoms with Gasteiger partial charge in [-0.25, -0.2) is 8.78 Å². The number of benzene rings is 3. The van der Waals surface area contributed by atoms with Gasteiger partial charge >= 0.3 is 0 Å². The fourth-order valence-electron chi connectivity index (χ4n) is 4.71. The first-order chi connectivity index (χ1) is 15.6. The zero-order valence-electron chi connectivity index (χ0n) is 17.7. The maximum atomic E-state index is 14.0. The summed E-state index contributed by atoms with van der Waals surface area (Å²) in [6.45, 7) is 1.47. The molecule has 32 heavy (non-hydrogen) atoms. The summed E-state index contributed by atoms with van der Waals surface area (Å²) < 4.78 is 29.8. The summed E-state index contributed by atoms with van der Waals surface area (Å²) in [6, 6.07) is 21.4. The van der Waals surface area contributed by atoms with Gasteiger partial charge in [0.1, 0.15) is 11.6 Å². The van der Waals surface area contributed by atoms with E-state index < -0.39 is 0 Å². The van der Waals surface area contributed by atoms with E-state index in [2.05, 4.69) is 22.9 Å². The van der Waals surface area contributed by atoms with Crippen LogP contribution in [0.5, 0.6) is 0 Å². The third kappa shape index (κ3) is 4.03. The molecule has 1 amide bonds. The van der Waals surface area contributed by atoms with Crippen LogP contribution in [0.15, 0.2) is 79.0 Å². The zero-order valence-corrected chi connectivity index (χ0v) is 17.7. The Morgan fingerprint density at radius 3 is 2.53 bits per heavy atom. The smallest absolute Gasteiger partial charge is 0.223 e. The maximum absolute atomic E-state index is 14.0. The van der Waals surface area contributed by atoms with Crippen LogP contribution >= 0.6 is 0 Å². The van der Waals surface area contributed by atoms with Crippen molar-refractivity contribution in [2.45, 2.75) is 31.8 Å². The van der Waals surface area contributed by atoms with E-state index in [0.29, 0.717) is 31.6 Å². The monoisotopic (exact) mass is 430 g/mol. The molecule has 0 bridgehead atoms. The number of hydrogen-bond acceptors (Lipinski definition) is 1. The molecule has 1 aliphatic heterocycles. The number of carbonyl (C=O) groups excluding carboxylic acids is 1. The Labute approximate surface area is 185 Å². The van der Waals surface area contributed by atoms with E-state index in [1.54, 1.807) is 35.2 Å². The molecule has 0 aliphatic carbocycles. The SMILES string of the molecule is O=C1CC(c2cn(Cc3cccc(F)c3)c3ccccc23)CCN1Cc1ccccc1F. The van der Waals surface area contributed by atoms with Crippen molar-refractivity contribution in [3.8, 4) is 0 Å². The summed E-state index contributed by atoms with van der Waals surface area (Å²) in [5, 5.41) is 1.13. The van der Waals surface area contributed by atoms with E-state index >= 15 is 0 Å². The van der Waals surface area contributed by atoms with Gasteiger partial charge in [0.15, 0.2) is 0 Å². The molecule has 1 aliphatic rings. The molecular formula is C27H24F2N2O. The average Bonchev–Trinajstić information content (AvgIpc) is 3.15. The number of piperidine rings is 1. The molecule has 4 aromatic rings. The Bertz CT molecular complexity index is 1280. The van der Waals surface area contributed by atoms with Gasteiger partial charge in [-0.15, -0.1) is 0 Å². The number of para-hydroxylation sites is 1. The Balaban J connectivity index is 1.38. The quantitative estimate of drug-likeness (QED) is 0.389. The first kappa shape index (κ1) is 20.4. The topological polar surface area (TPSA) is 25.2 Å². The molecule has 0 spiro atoms. The first-order valence-corrected chi connectivity index (χ1v) is 10.9. The molecule has 0 N–H and O–H groups in total. The summed E-state index contributed by atoms with van der Waals surface area (Å²) >= 11 is 0. The lowest BCUT2D eigenvalue weighted by Crippen LogP contribution is -2.37. The van der Waals surface area contributed by atoms with Crippen molar-refractivity contribution in [3.63, 3.8) is 0 Å². The van der Waals surface area contributed by atoms with Crippen LogP contribution in [-0.2, 0) is 17.9 Å². The Kier molecular flexibility index (Phi) is 5.48. The van der Waals surface area contributed by atoms with Gasteiger partial charge in [0.25, 0.3) is 0 Å². The predicted octanol–water partition coefficient (Wildman–Crippen LogP) is 5.87. The van der Waals surface area contributed by atoms with Crippen LogP contribution in [0.25, 0.3) is 10.9 Å². The van der Waals surface area contributed by atoms with Gasteiger partial charge in [0, 0.05) is 48.7 Å². The number of aromatic nitrogens is 1. The number of nitrogens with zero attached hydrogens (tertiary/aromatic N) is 2. The third-order valence-corrected chi connectivity index (χ3v) is 6.34. The van der Waals surface area contributed by atoms with Crippen molar-refractivity contribution >= 4 is 16.8 Å². The maximum Gasteiger partial charge on any atom is 0.223 e. The number of hydrogen-bond donors (Lipinski definition) is 0. The van der Waals surface area contributed by atoms with Crippen molar-refractivity contribution < 1.29 is 13.6 Å². The summed E-state index contributed by atoms with van der Waals surface area (Å²) in [5.41, 5.74) is 3.67. The van der Waals surface area contributed by atoms with Crippen LogP contribution in [0.4, 0.5) is 8.78 Å². The summed E-state index contributed by atoms with van der Waals surface area (Å²) in [7, 11) is 0. The van der Waals surface area contributed by atoms with Gasteiger partial charge in [-0.2, -0.15) is 0 Å². The first-order valence-electron chi connectivity index (χ1n) is 10.9. The van der Waals surface area contributed by atoms with Crippen molar-refractivity contribution in [2.24, 2.45) is 0 Å². The third-order valence-electron chi connectivity index (χ3n) is 6.34. The number of fused-ring (bicyclic) bond motifs is 1. The summed E-state index contributed by atoms with van der Waals surface area (Å²) in [6.07, 6.45) is 3.34. The molecule has 5 heteroatoms. The van der Waals surface area contributed by atoms with Crippen LogP contribution in [-0.4, -0.2) is 21.9 Å². The van der Waals surface area contributed by atoms with Gasteiger partial charge in [-0.05, 0) is 47.7 Å². The van der Waals surface area contributed by atoms with Crippen molar-refractivity contribution in [3.05, 3.63) is 107 Å². The summed E-state index contributed by atoms with van der Waals surface area (Å²) in [5.74, 6) is -0.362. The van der Waals surface area contributed by atoms with Gasteiger partial charge in [-0.3, -0.25) is 4.79 Å². The lowest BCUT2D eigenvalue weighted by molar-refractivity contribution is -0.134. The average molecular weight is 430 g/mol. The standard InChI is InChI=1S/C27H24F2N2O/c28-22-8-5-6-19(14-22)16-31-18-24(23-9-2-4-11-26(23)31)20-12-13-30(27(32)15-20)17-21-7-1-3-10-25(21)29/h1-11,14,18,20H,12-13,15-17H2.